The molecule has 1 N–H and O–H groups in total. The van der Waals surface area contributed by atoms with Gasteiger partial charge in [-0.15, -0.1) is 0 Å². The van der Waals surface area contributed by atoms with Gasteiger partial charge in [0.25, 0.3) is 11.7 Å². The number of nitrogens with zero attached hydrogens (tertiary/aromatic N) is 1. The van der Waals surface area contributed by atoms with Crippen LogP contribution in [-0.4, -0.2) is 31.0 Å². The molecule has 1 aliphatic rings. The molecule has 0 aliphatic carbocycles. The maximum absolute atomic E-state index is 13.3. The smallest absolute Gasteiger partial charge is 0.300 e. The molecule has 1 atom stereocenters. The first-order valence-corrected chi connectivity index (χ1v) is 10.5. The molecule has 168 valence electrons. The van der Waals surface area contributed by atoms with E-state index in [-0.39, 0.29) is 11.3 Å². The minimum atomic E-state index is -0.815. The number of ether oxygens (including phenoxy) is 2. The second-order valence-corrected chi connectivity index (χ2v) is 7.92. The van der Waals surface area contributed by atoms with Gasteiger partial charge in [0.05, 0.1) is 25.8 Å². The molecule has 0 saturated carbocycles. The summed E-state index contributed by atoms with van der Waals surface area (Å²) >= 11 is 0. The molecule has 4 rings (SSSR count). The Labute approximate surface area is 192 Å². The maximum atomic E-state index is 13.3. The van der Waals surface area contributed by atoms with E-state index in [1.807, 2.05) is 26.0 Å². The molecule has 1 fully saturated rings. The van der Waals surface area contributed by atoms with E-state index in [0.717, 1.165) is 11.1 Å². The van der Waals surface area contributed by atoms with E-state index in [4.69, 9.17) is 9.47 Å². The zero-order chi connectivity index (χ0) is 23.7. The summed E-state index contributed by atoms with van der Waals surface area (Å²) in [5, 5.41) is 11.4. The molecule has 1 amide bonds. The fourth-order valence-corrected chi connectivity index (χ4v) is 4.22. The van der Waals surface area contributed by atoms with Crippen molar-refractivity contribution in [2.24, 2.45) is 0 Å². The molecule has 6 nitrogen and oxygen atoms in total. The zero-order valence-electron chi connectivity index (χ0n) is 19.0. The van der Waals surface area contributed by atoms with Crippen LogP contribution in [0.5, 0.6) is 11.5 Å². The minimum Gasteiger partial charge on any atom is -0.507 e. The number of para-hydroxylation sites is 1. The number of hydrogen-bond donors (Lipinski definition) is 1. The SMILES string of the molecule is COc1cccc(C2/C(=C(\O)c3cc(C)c(OC)cc3C)C(=O)C(=O)N2c2ccccc2)c1. The number of ketones is 1. The van der Waals surface area contributed by atoms with Gasteiger partial charge in [0.2, 0.25) is 0 Å². The number of methoxy groups -OCH3 is 2. The van der Waals surface area contributed by atoms with Crippen LogP contribution >= 0.6 is 0 Å². The number of benzene rings is 3. The van der Waals surface area contributed by atoms with Gasteiger partial charge in [0, 0.05) is 11.3 Å². The monoisotopic (exact) mass is 443 g/mol. The van der Waals surface area contributed by atoms with Crippen LogP contribution in [0.15, 0.2) is 72.3 Å². The van der Waals surface area contributed by atoms with Crippen LogP contribution in [0.2, 0.25) is 0 Å². The van der Waals surface area contributed by atoms with Gasteiger partial charge in [-0.05, 0) is 66.9 Å². The van der Waals surface area contributed by atoms with Crippen LogP contribution in [-0.2, 0) is 9.59 Å². The molecule has 1 heterocycles. The maximum Gasteiger partial charge on any atom is 0.300 e. The van der Waals surface area contributed by atoms with Crippen molar-refractivity contribution in [1.29, 1.82) is 0 Å². The quantitative estimate of drug-likeness (QED) is 0.343. The molecule has 3 aromatic rings. The number of hydrogen-bond acceptors (Lipinski definition) is 5. The Morgan fingerprint density at radius 3 is 2.27 bits per heavy atom. The Hall–Kier alpha value is -4.06. The number of Topliss-reactive ketones (excluding diaryl/α,β-unsaturated/α-hetero) is 1. The summed E-state index contributed by atoms with van der Waals surface area (Å²) in [4.78, 5) is 27.9. The average Bonchev–Trinajstić information content (AvgIpc) is 3.10. The van der Waals surface area contributed by atoms with Gasteiger partial charge in [0.1, 0.15) is 17.3 Å². The Morgan fingerprint density at radius 2 is 1.61 bits per heavy atom. The summed E-state index contributed by atoms with van der Waals surface area (Å²) in [6, 6.07) is 18.9. The van der Waals surface area contributed by atoms with Gasteiger partial charge in [-0.3, -0.25) is 14.5 Å². The van der Waals surface area contributed by atoms with Crippen molar-refractivity contribution in [1.82, 2.24) is 0 Å². The molecular weight excluding hydrogens is 418 g/mol. The molecule has 1 aliphatic heterocycles. The van der Waals surface area contributed by atoms with Crippen LogP contribution in [0.1, 0.15) is 28.3 Å². The number of carbonyl (C=O) groups is 2. The van der Waals surface area contributed by atoms with Crippen molar-refractivity contribution in [2.45, 2.75) is 19.9 Å². The van der Waals surface area contributed by atoms with E-state index in [9.17, 15) is 14.7 Å². The van der Waals surface area contributed by atoms with Gasteiger partial charge in [0.15, 0.2) is 0 Å². The predicted molar refractivity (Wildman–Crippen MR) is 127 cm³/mol. The van der Waals surface area contributed by atoms with Crippen LogP contribution in [0, 0.1) is 13.8 Å². The van der Waals surface area contributed by atoms with Gasteiger partial charge < -0.3 is 14.6 Å². The van der Waals surface area contributed by atoms with Crippen LogP contribution < -0.4 is 14.4 Å². The lowest BCUT2D eigenvalue weighted by molar-refractivity contribution is -0.132. The van der Waals surface area contributed by atoms with E-state index >= 15 is 0 Å². The highest BCUT2D eigenvalue weighted by molar-refractivity contribution is 6.51. The number of aryl methyl sites for hydroxylation is 2. The lowest BCUT2D eigenvalue weighted by atomic mass is 9.93. The van der Waals surface area contributed by atoms with E-state index < -0.39 is 17.7 Å². The Balaban J connectivity index is 1.98. The number of rotatable bonds is 5. The molecule has 1 unspecified atom stereocenters. The molecular formula is C27H25NO5. The summed E-state index contributed by atoms with van der Waals surface area (Å²) in [7, 11) is 3.13. The minimum absolute atomic E-state index is 0.0322. The van der Waals surface area contributed by atoms with Crippen molar-refractivity contribution in [2.75, 3.05) is 19.1 Å². The molecule has 3 aromatic carbocycles. The van der Waals surface area contributed by atoms with Gasteiger partial charge >= 0.3 is 0 Å². The summed E-state index contributed by atoms with van der Waals surface area (Å²) in [5.41, 5.74) is 3.26. The Morgan fingerprint density at radius 1 is 0.879 bits per heavy atom. The van der Waals surface area contributed by atoms with E-state index in [2.05, 4.69) is 0 Å². The van der Waals surface area contributed by atoms with Crippen molar-refractivity contribution < 1.29 is 24.2 Å². The largest absolute Gasteiger partial charge is 0.507 e. The van der Waals surface area contributed by atoms with Crippen LogP contribution in [0.25, 0.3) is 5.76 Å². The van der Waals surface area contributed by atoms with E-state index in [1.54, 1.807) is 68.8 Å². The van der Waals surface area contributed by atoms with Gasteiger partial charge in [-0.2, -0.15) is 0 Å². The lowest BCUT2D eigenvalue weighted by Crippen LogP contribution is -2.29. The summed E-state index contributed by atoms with van der Waals surface area (Å²) < 4.78 is 10.7. The first kappa shape index (κ1) is 22.1. The highest BCUT2D eigenvalue weighted by Gasteiger charge is 2.47. The van der Waals surface area contributed by atoms with Crippen molar-refractivity contribution in [3.05, 3.63) is 94.6 Å². The third-order valence-corrected chi connectivity index (χ3v) is 5.89. The fourth-order valence-electron chi connectivity index (χ4n) is 4.22. The standard InChI is InChI=1S/C27H25NO5/c1-16-14-22(33-4)17(2)13-21(16)25(29)23-24(18-9-8-12-20(15-18)32-3)28(27(31)26(23)30)19-10-6-5-7-11-19/h5-15,24,29H,1-4H3/b25-23+. The molecule has 1 saturated heterocycles. The van der Waals surface area contributed by atoms with Gasteiger partial charge in [-0.25, -0.2) is 0 Å². The van der Waals surface area contributed by atoms with Crippen molar-refractivity contribution >= 4 is 23.1 Å². The molecule has 33 heavy (non-hydrogen) atoms. The van der Waals surface area contributed by atoms with Crippen LogP contribution in [0.3, 0.4) is 0 Å². The normalized spacial score (nSPS) is 17.3. The fraction of sp³-hybridized carbons (Fsp3) is 0.185. The number of aliphatic hydroxyl groups excluding tert-OH is 1. The highest BCUT2D eigenvalue weighted by atomic mass is 16.5. The number of carbonyl (C=O) groups excluding carboxylic acids is 2. The summed E-state index contributed by atoms with van der Waals surface area (Å²) in [6.07, 6.45) is 0. The number of aliphatic hydroxyl groups is 1. The first-order chi connectivity index (χ1) is 15.9. The zero-order valence-corrected chi connectivity index (χ0v) is 19.0. The van der Waals surface area contributed by atoms with Crippen LogP contribution in [0.4, 0.5) is 5.69 Å². The average molecular weight is 443 g/mol. The van der Waals surface area contributed by atoms with E-state index in [1.165, 1.54) is 4.90 Å². The highest BCUT2D eigenvalue weighted by Crippen LogP contribution is 2.43. The third kappa shape index (κ3) is 3.84. The molecule has 0 radical (unpaired) electrons. The Kier molecular flexibility index (Phi) is 5.92. The lowest BCUT2D eigenvalue weighted by Gasteiger charge is -2.26. The molecule has 0 aromatic heterocycles. The topological polar surface area (TPSA) is 76.1 Å². The third-order valence-electron chi connectivity index (χ3n) is 5.89. The molecule has 0 spiro atoms. The Bertz CT molecular complexity index is 1260. The number of anilines is 1. The molecule has 0 bridgehead atoms. The predicted octanol–water partition coefficient (Wildman–Crippen LogP) is 4.95. The van der Waals surface area contributed by atoms with Crippen molar-refractivity contribution in [3.63, 3.8) is 0 Å². The molecule has 6 heteroatoms. The van der Waals surface area contributed by atoms with Gasteiger partial charge in [-0.1, -0.05) is 30.3 Å². The summed E-state index contributed by atoms with van der Waals surface area (Å²) in [5.74, 6) is -0.390. The number of amides is 1. The summed E-state index contributed by atoms with van der Waals surface area (Å²) in [6.45, 7) is 3.68. The van der Waals surface area contributed by atoms with Crippen molar-refractivity contribution in [3.8, 4) is 11.5 Å². The second-order valence-electron chi connectivity index (χ2n) is 7.92. The van der Waals surface area contributed by atoms with E-state index in [0.29, 0.717) is 28.3 Å². The second kappa shape index (κ2) is 8.82. The first-order valence-electron chi connectivity index (χ1n) is 10.5.